The van der Waals surface area contributed by atoms with Crippen LogP contribution in [0, 0.1) is 11.3 Å². The van der Waals surface area contributed by atoms with Gasteiger partial charge in [-0.3, -0.25) is 0 Å². The Kier molecular flexibility index (Phi) is 3.50. The highest BCUT2D eigenvalue weighted by Gasteiger charge is 2.43. The second kappa shape index (κ2) is 5.27. The SMILES string of the molecule is N#CCC(OC1COC2CCOC21)C1=CCCO1. The van der Waals surface area contributed by atoms with E-state index in [0.717, 1.165) is 25.2 Å². The lowest BCUT2D eigenvalue weighted by Crippen LogP contribution is -2.34. The highest BCUT2D eigenvalue weighted by Crippen LogP contribution is 2.31. The first-order valence-corrected chi connectivity index (χ1v) is 6.47. The van der Waals surface area contributed by atoms with E-state index >= 15 is 0 Å². The predicted molar refractivity (Wildman–Crippen MR) is 61.6 cm³/mol. The molecule has 2 saturated heterocycles. The first-order valence-electron chi connectivity index (χ1n) is 6.47. The number of nitrogens with zero attached hydrogens (tertiary/aromatic N) is 1. The highest BCUT2D eigenvalue weighted by atomic mass is 16.6. The summed E-state index contributed by atoms with van der Waals surface area (Å²) in [6.07, 6.45) is 3.96. The molecule has 0 aromatic carbocycles. The molecule has 0 amide bonds. The van der Waals surface area contributed by atoms with E-state index in [-0.39, 0.29) is 24.4 Å². The molecule has 0 aromatic heterocycles. The van der Waals surface area contributed by atoms with Crippen LogP contribution in [-0.2, 0) is 18.9 Å². The molecule has 4 unspecified atom stereocenters. The molecule has 4 atom stereocenters. The van der Waals surface area contributed by atoms with E-state index in [2.05, 4.69) is 6.07 Å². The molecule has 18 heavy (non-hydrogen) atoms. The highest BCUT2D eigenvalue weighted by molar-refractivity contribution is 5.08. The van der Waals surface area contributed by atoms with Gasteiger partial charge in [-0.15, -0.1) is 0 Å². The second-order valence-corrected chi connectivity index (χ2v) is 4.76. The summed E-state index contributed by atoms with van der Waals surface area (Å²) in [5.74, 6) is 0.790. The summed E-state index contributed by atoms with van der Waals surface area (Å²) < 4.78 is 22.8. The summed E-state index contributed by atoms with van der Waals surface area (Å²) in [6, 6.07) is 2.15. The van der Waals surface area contributed by atoms with Crippen LogP contribution in [0.3, 0.4) is 0 Å². The fourth-order valence-electron chi connectivity index (χ4n) is 2.72. The quantitative estimate of drug-likeness (QED) is 0.750. The monoisotopic (exact) mass is 251 g/mol. The van der Waals surface area contributed by atoms with E-state index in [4.69, 9.17) is 24.2 Å². The van der Waals surface area contributed by atoms with Crippen LogP contribution >= 0.6 is 0 Å². The van der Waals surface area contributed by atoms with E-state index in [0.29, 0.717) is 19.6 Å². The summed E-state index contributed by atoms with van der Waals surface area (Å²) in [5, 5.41) is 8.88. The fraction of sp³-hybridized carbons (Fsp3) is 0.769. The van der Waals surface area contributed by atoms with E-state index in [9.17, 15) is 0 Å². The van der Waals surface area contributed by atoms with Crippen molar-refractivity contribution in [3.8, 4) is 6.07 Å². The average Bonchev–Trinajstić information content (AvgIpc) is 3.07. The van der Waals surface area contributed by atoms with Gasteiger partial charge in [-0.25, -0.2) is 0 Å². The molecular weight excluding hydrogens is 234 g/mol. The maximum atomic E-state index is 8.88. The van der Waals surface area contributed by atoms with E-state index in [1.807, 2.05) is 6.08 Å². The summed E-state index contributed by atoms with van der Waals surface area (Å²) >= 11 is 0. The lowest BCUT2D eigenvalue weighted by Gasteiger charge is -2.23. The molecule has 0 bridgehead atoms. The molecule has 3 heterocycles. The molecule has 0 saturated carbocycles. The Morgan fingerprint density at radius 3 is 3.17 bits per heavy atom. The van der Waals surface area contributed by atoms with Gasteiger partial charge >= 0.3 is 0 Å². The Balaban J connectivity index is 1.64. The van der Waals surface area contributed by atoms with Crippen LogP contribution in [0.2, 0.25) is 0 Å². The standard InChI is InChI=1S/C13H17NO4/c14-5-3-10(9-2-1-6-15-9)18-12-8-17-11-4-7-16-13(11)12/h2,10-13H,1,3-4,6-8H2. The van der Waals surface area contributed by atoms with E-state index in [1.165, 1.54) is 0 Å². The topological polar surface area (TPSA) is 60.7 Å². The number of fused-ring (bicyclic) bond motifs is 1. The van der Waals surface area contributed by atoms with Gasteiger partial charge in [0.15, 0.2) is 0 Å². The van der Waals surface area contributed by atoms with Gasteiger partial charge in [0.1, 0.15) is 24.1 Å². The van der Waals surface area contributed by atoms with Crippen molar-refractivity contribution in [1.29, 1.82) is 5.26 Å². The first-order chi connectivity index (χ1) is 8.88. The summed E-state index contributed by atoms with van der Waals surface area (Å²) in [5.41, 5.74) is 0. The summed E-state index contributed by atoms with van der Waals surface area (Å²) in [4.78, 5) is 0. The molecule has 0 radical (unpaired) electrons. The summed E-state index contributed by atoms with van der Waals surface area (Å²) in [6.45, 7) is 1.96. The number of hydrogen-bond donors (Lipinski definition) is 0. The van der Waals surface area contributed by atoms with Gasteiger partial charge < -0.3 is 18.9 Å². The molecule has 0 aliphatic carbocycles. The zero-order chi connectivity index (χ0) is 12.4. The average molecular weight is 251 g/mol. The lowest BCUT2D eigenvalue weighted by molar-refractivity contribution is -0.0688. The normalized spacial score (nSPS) is 35.7. The van der Waals surface area contributed by atoms with Crippen LogP contribution in [0.5, 0.6) is 0 Å². The fourth-order valence-corrected chi connectivity index (χ4v) is 2.72. The minimum absolute atomic E-state index is 0.0215. The maximum Gasteiger partial charge on any atom is 0.128 e. The van der Waals surface area contributed by atoms with Gasteiger partial charge in [0.05, 0.1) is 31.8 Å². The van der Waals surface area contributed by atoms with Crippen molar-refractivity contribution in [3.05, 3.63) is 11.8 Å². The molecule has 3 aliphatic heterocycles. The van der Waals surface area contributed by atoms with Gasteiger partial charge in [0.2, 0.25) is 0 Å². The van der Waals surface area contributed by atoms with Crippen molar-refractivity contribution >= 4 is 0 Å². The Labute approximate surface area is 106 Å². The zero-order valence-electron chi connectivity index (χ0n) is 10.2. The third-order valence-corrected chi connectivity index (χ3v) is 3.59. The lowest BCUT2D eigenvalue weighted by atomic mass is 10.1. The second-order valence-electron chi connectivity index (χ2n) is 4.76. The molecule has 0 N–H and O–H groups in total. The largest absolute Gasteiger partial charge is 0.495 e. The molecule has 98 valence electrons. The van der Waals surface area contributed by atoms with E-state index in [1.54, 1.807) is 0 Å². The van der Waals surface area contributed by atoms with Crippen molar-refractivity contribution < 1.29 is 18.9 Å². The molecule has 3 aliphatic rings. The summed E-state index contributed by atoms with van der Waals surface area (Å²) in [7, 11) is 0. The number of ether oxygens (including phenoxy) is 4. The number of hydrogen-bond acceptors (Lipinski definition) is 5. The third kappa shape index (κ3) is 2.24. The zero-order valence-corrected chi connectivity index (χ0v) is 10.2. The molecule has 5 heteroatoms. The van der Waals surface area contributed by atoms with Gasteiger partial charge in [0.25, 0.3) is 0 Å². The smallest absolute Gasteiger partial charge is 0.128 e. The van der Waals surface area contributed by atoms with Crippen LogP contribution in [-0.4, -0.2) is 44.2 Å². The van der Waals surface area contributed by atoms with Gasteiger partial charge in [-0.05, 0) is 12.5 Å². The van der Waals surface area contributed by atoms with Crippen LogP contribution in [0.1, 0.15) is 19.3 Å². The van der Waals surface area contributed by atoms with Crippen LogP contribution < -0.4 is 0 Å². The molecule has 5 nitrogen and oxygen atoms in total. The minimum atomic E-state index is -0.283. The Morgan fingerprint density at radius 2 is 2.39 bits per heavy atom. The molecule has 2 fully saturated rings. The molecular formula is C13H17NO4. The minimum Gasteiger partial charge on any atom is -0.495 e. The van der Waals surface area contributed by atoms with Crippen molar-refractivity contribution in [2.75, 3.05) is 19.8 Å². The van der Waals surface area contributed by atoms with Crippen LogP contribution in [0.25, 0.3) is 0 Å². The Hall–Kier alpha value is -1.09. The van der Waals surface area contributed by atoms with Gasteiger partial charge in [-0.1, -0.05) is 0 Å². The first kappa shape index (κ1) is 12.0. The predicted octanol–water partition coefficient (Wildman–Crippen LogP) is 1.15. The van der Waals surface area contributed by atoms with Gasteiger partial charge in [0, 0.05) is 13.0 Å². The third-order valence-electron chi connectivity index (χ3n) is 3.59. The van der Waals surface area contributed by atoms with Gasteiger partial charge in [-0.2, -0.15) is 5.26 Å². The van der Waals surface area contributed by atoms with E-state index < -0.39 is 0 Å². The van der Waals surface area contributed by atoms with Crippen molar-refractivity contribution in [3.63, 3.8) is 0 Å². The van der Waals surface area contributed by atoms with Crippen LogP contribution in [0.15, 0.2) is 11.8 Å². The van der Waals surface area contributed by atoms with Crippen molar-refractivity contribution in [1.82, 2.24) is 0 Å². The Bertz CT molecular complexity index is 376. The molecule has 0 spiro atoms. The number of rotatable bonds is 4. The van der Waals surface area contributed by atoms with Crippen molar-refractivity contribution in [2.24, 2.45) is 0 Å². The molecule has 3 rings (SSSR count). The number of nitriles is 1. The van der Waals surface area contributed by atoms with Crippen LogP contribution in [0.4, 0.5) is 0 Å². The molecule has 0 aromatic rings. The van der Waals surface area contributed by atoms with Crippen molar-refractivity contribution in [2.45, 2.75) is 43.7 Å². The maximum absolute atomic E-state index is 8.88. The Morgan fingerprint density at radius 1 is 1.44 bits per heavy atom.